The molecule has 0 bridgehead atoms. The van der Waals surface area contributed by atoms with Crippen LogP contribution in [0.2, 0.25) is 0 Å². The van der Waals surface area contributed by atoms with E-state index in [0.717, 1.165) is 31.1 Å². The molecule has 3 aliphatic carbocycles. The monoisotopic (exact) mass is 426 g/mol. The van der Waals surface area contributed by atoms with Crippen LogP contribution in [0, 0.1) is 28.3 Å². The number of nitrogens with zero attached hydrogens (tertiary/aromatic N) is 1. The number of fused-ring (bicyclic) bond motifs is 5. The van der Waals surface area contributed by atoms with Gasteiger partial charge in [-0.25, -0.2) is 0 Å². The fraction of sp³-hybridized carbons (Fsp3) is 0.281. The van der Waals surface area contributed by atoms with Crippen molar-refractivity contribution in [3.63, 3.8) is 0 Å². The Balaban J connectivity index is 1.50. The molecule has 0 aromatic heterocycles. The highest BCUT2D eigenvalue weighted by Gasteiger charge is 2.32. The highest BCUT2D eigenvalue weighted by molar-refractivity contribution is 5.82. The van der Waals surface area contributed by atoms with Crippen molar-refractivity contribution >= 4 is 23.9 Å². The number of allylic oxidation sites excluding steroid dienone is 1. The van der Waals surface area contributed by atoms with Crippen molar-refractivity contribution in [2.24, 2.45) is 16.8 Å². The molecule has 1 unspecified atom stereocenters. The molecule has 1 atom stereocenters. The summed E-state index contributed by atoms with van der Waals surface area (Å²) < 4.78 is 0. The Morgan fingerprint density at radius 3 is 2.64 bits per heavy atom. The van der Waals surface area contributed by atoms with E-state index in [1.54, 1.807) is 11.1 Å². The molecule has 1 radical (unpaired) electrons. The maximum Gasteiger partial charge on any atom is 0.0670 e. The molecule has 33 heavy (non-hydrogen) atoms. The van der Waals surface area contributed by atoms with E-state index in [2.05, 4.69) is 73.0 Å². The molecule has 7 rings (SSSR count). The second-order valence-corrected chi connectivity index (χ2v) is 10.1. The number of aliphatic imine (C=N–C) groups is 1. The zero-order chi connectivity index (χ0) is 21.8. The van der Waals surface area contributed by atoms with E-state index in [9.17, 15) is 0 Å². The smallest absolute Gasteiger partial charge is 0.0670 e. The Labute approximate surface area is 195 Å². The van der Waals surface area contributed by atoms with Crippen LogP contribution in [0.5, 0.6) is 0 Å². The van der Waals surface area contributed by atoms with Crippen LogP contribution in [0.1, 0.15) is 47.9 Å². The predicted molar refractivity (Wildman–Crippen MR) is 136 cm³/mol. The summed E-state index contributed by atoms with van der Waals surface area (Å²) >= 11 is 0. The van der Waals surface area contributed by atoms with Crippen LogP contribution >= 0.6 is 0 Å². The highest BCUT2D eigenvalue weighted by atomic mass is 14.7. The molecule has 1 nitrogen and oxygen atoms in total. The van der Waals surface area contributed by atoms with Crippen molar-refractivity contribution in [2.75, 3.05) is 0 Å². The Hall–Kier alpha value is -3.19. The molecule has 3 aromatic carbocycles. The Morgan fingerprint density at radius 1 is 0.818 bits per heavy atom. The van der Waals surface area contributed by atoms with E-state index in [4.69, 9.17) is 4.99 Å². The third-order valence-electron chi connectivity index (χ3n) is 8.42. The lowest BCUT2D eigenvalue weighted by Crippen LogP contribution is -2.33. The lowest BCUT2D eigenvalue weighted by molar-refractivity contribution is 0.205. The molecule has 0 amide bonds. The summed E-state index contributed by atoms with van der Waals surface area (Å²) in [5.74, 6) is 1.62. The van der Waals surface area contributed by atoms with Crippen molar-refractivity contribution in [3.8, 4) is 0 Å². The van der Waals surface area contributed by atoms with Gasteiger partial charge in [-0.1, -0.05) is 73.9 Å². The summed E-state index contributed by atoms with van der Waals surface area (Å²) in [6, 6.07) is 23.3. The van der Waals surface area contributed by atoms with Crippen LogP contribution in [-0.2, 0) is 19.3 Å². The Morgan fingerprint density at radius 2 is 1.73 bits per heavy atom. The molecule has 3 aromatic rings. The maximum atomic E-state index is 5.02. The maximum absolute atomic E-state index is 5.02. The van der Waals surface area contributed by atoms with Gasteiger partial charge < -0.3 is 0 Å². The molecule has 0 N–H and O–H groups in total. The minimum atomic E-state index is 0.742. The van der Waals surface area contributed by atoms with E-state index in [1.165, 1.54) is 69.0 Å². The summed E-state index contributed by atoms with van der Waals surface area (Å²) in [5, 5.41) is 5.66. The van der Waals surface area contributed by atoms with Crippen molar-refractivity contribution in [1.29, 1.82) is 0 Å². The zero-order valence-corrected chi connectivity index (χ0v) is 19.0. The summed E-state index contributed by atoms with van der Waals surface area (Å²) in [7, 11) is 0. The minimum Gasteiger partial charge on any atom is -0.261 e. The van der Waals surface area contributed by atoms with E-state index >= 15 is 0 Å². The molecule has 1 heterocycles. The van der Waals surface area contributed by atoms with Crippen LogP contribution in [0.4, 0.5) is 0 Å². The Kier molecular flexibility index (Phi) is 4.50. The van der Waals surface area contributed by atoms with Gasteiger partial charge in [0.1, 0.15) is 0 Å². The van der Waals surface area contributed by atoms with Crippen LogP contribution in [0.3, 0.4) is 0 Å². The van der Waals surface area contributed by atoms with Gasteiger partial charge in [-0.3, -0.25) is 4.99 Å². The molecule has 1 aliphatic heterocycles. The highest BCUT2D eigenvalue weighted by Crippen LogP contribution is 2.42. The van der Waals surface area contributed by atoms with Crippen LogP contribution in [-0.4, -0.2) is 6.21 Å². The predicted octanol–water partition coefficient (Wildman–Crippen LogP) is 5.29. The molecule has 1 saturated carbocycles. The molecule has 1 heteroatoms. The quantitative estimate of drug-likeness (QED) is 0.528. The largest absolute Gasteiger partial charge is 0.261 e. The van der Waals surface area contributed by atoms with Crippen molar-refractivity contribution in [2.45, 2.75) is 44.9 Å². The molecule has 1 fully saturated rings. The van der Waals surface area contributed by atoms with Gasteiger partial charge in [0.2, 0.25) is 0 Å². The minimum absolute atomic E-state index is 0.742. The van der Waals surface area contributed by atoms with E-state index in [1.807, 2.05) is 6.07 Å². The van der Waals surface area contributed by atoms with Crippen molar-refractivity contribution < 1.29 is 0 Å². The Bertz CT molecular complexity index is 1550. The van der Waals surface area contributed by atoms with Gasteiger partial charge >= 0.3 is 0 Å². The second kappa shape index (κ2) is 7.70. The van der Waals surface area contributed by atoms with Gasteiger partial charge in [-0.2, -0.15) is 0 Å². The first-order valence-corrected chi connectivity index (χ1v) is 12.5. The van der Waals surface area contributed by atoms with Crippen LogP contribution < -0.4 is 10.4 Å². The zero-order valence-electron chi connectivity index (χ0n) is 19.0. The fourth-order valence-corrected chi connectivity index (χ4v) is 6.41. The molecule has 0 saturated heterocycles. The fourth-order valence-electron chi connectivity index (χ4n) is 6.41. The first-order valence-electron chi connectivity index (χ1n) is 12.5. The number of rotatable bonds is 2. The van der Waals surface area contributed by atoms with Crippen LogP contribution in [0.15, 0.2) is 65.3 Å². The first kappa shape index (κ1) is 19.3. The number of hydrogen-bond acceptors (Lipinski definition) is 1. The topological polar surface area (TPSA) is 12.4 Å². The summed E-state index contributed by atoms with van der Waals surface area (Å²) in [4.78, 5) is 5.02. The van der Waals surface area contributed by atoms with Gasteiger partial charge in [0.25, 0.3) is 0 Å². The SMILES string of the molecule is [c]1ccc2c(c1)C=C(C1=c3ccc4c(c3CC(C3CCC3)C1)CC=c1ccccc1=4)N=CC2. The number of hydrogen-bond donors (Lipinski definition) is 0. The normalized spacial score (nSPS) is 20.9. The van der Waals surface area contributed by atoms with Gasteiger partial charge in [-0.05, 0) is 98.0 Å². The number of benzene rings is 3. The molecular formula is C32H28N. The molecule has 0 spiro atoms. The third-order valence-corrected chi connectivity index (χ3v) is 8.42. The summed E-state index contributed by atoms with van der Waals surface area (Å²) in [6.07, 6.45) is 15.4. The van der Waals surface area contributed by atoms with E-state index < -0.39 is 0 Å². The first-order chi connectivity index (χ1) is 16.3. The average Bonchev–Trinajstić information content (AvgIpc) is 3.04. The van der Waals surface area contributed by atoms with Crippen LogP contribution in [0.25, 0.3) is 17.7 Å². The average molecular weight is 427 g/mol. The molecular weight excluding hydrogens is 398 g/mol. The van der Waals surface area contributed by atoms with E-state index in [0.29, 0.717) is 0 Å². The third kappa shape index (κ3) is 3.17. The summed E-state index contributed by atoms with van der Waals surface area (Å²) in [6.45, 7) is 0. The van der Waals surface area contributed by atoms with E-state index in [-0.39, 0.29) is 0 Å². The standard InChI is InChI=1S/C32H28N/c1-2-8-24-20-32(33-17-16-22(24)6-1)31-19-25(21-9-5-10-21)18-30-28-13-12-23-7-3-4-11-26(23)27(28)14-15-29(30)31/h1,3-4,6-8,11-12,14-15,17,20-21,25H,5,9-10,13,16,18-19H2. The van der Waals surface area contributed by atoms with Gasteiger partial charge in [0, 0.05) is 12.6 Å². The second-order valence-electron chi connectivity index (χ2n) is 10.1. The summed E-state index contributed by atoms with van der Waals surface area (Å²) in [5.41, 5.74) is 8.39. The van der Waals surface area contributed by atoms with Crippen molar-refractivity contribution in [1.82, 2.24) is 0 Å². The van der Waals surface area contributed by atoms with Gasteiger partial charge in [-0.15, -0.1) is 0 Å². The molecule has 4 aliphatic rings. The lowest BCUT2D eigenvalue weighted by Gasteiger charge is -2.37. The van der Waals surface area contributed by atoms with Crippen molar-refractivity contribution in [3.05, 3.63) is 109 Å². The lowest BCUT2D eigenvalue weighted by atomic mass is 9.68. The van der Waals surface area contributed by atoms with Gasteiger partial charge in [0.15, 0.2) is 0 Å². The molecule has 161 valence electrons. The van der Waals surface area contributed by atoms with Gasteiger partial charge in [0.05, 0.1) is 5.70 Å².